The molecule has 1 heterocycles. The number of phenolic OH excluding ortho intramolecular Hbond substituents is 1. The van der Waals surface area contributed by atoms with E-state index in [-0.39, 0.29) is 34.2 Å². The number of non-ortho nitro benzene ring substituents is 1. The van der Waals surface area contributed by atoms with Crippen molar-refractivity contribution in [3.8, 4) is 5.75 Å². The molecule has 0 radical (unpaired) electrons. The van der Waals surface area contributed by atoms with E-state index in [4.69, 9.17) is 0 Å². The number of nitrogens with zero attached hydrogens (tertiary/aromatic N) is 1. The van der Waals surface area contributed by atoms with Crippen LogP contribution < -0.4 is 5.32 Å². The third-order valence-electron chi connectivity index (χ3n) is 6.12. The predicted octanol–water partition coefficient (Wildman–Crippen LogP) is 5.59. The Labute approximate surface area is 162 Å². The van der Waals surface area contributed by atoms with Crippen LogP contribution in [0.3, 0.4) is 0 Å². The first-order valence-corrected chi connectivity index (χ1v) is 9.47. The van der Waals surface area contributed by atoms with Gasteiger partial charge in [-0.1, -0.05) is 42.5 Å². The summed E-state index contributed by atoms with van der Waals surface area (Å²) in [5, 5.41) is 27.9. The highest BCUT2D eigenvalue weighted by molar-refractivity contribution is 5.89. The predicted molar refractivity (Wildman–Crippen MR) is 110 cm³/mol. The zero-order valence-corrected chi connectivity index (χ0v) is 15.4. The van der Waals surface area contributed by atoms with E-state index < -0.39 is 0 Å². The summed E-state index contributed by atoms with van der Waals surface area (Å²) in [6.45, 7) is 1.90. The lowest BCUT2D eigenvalue weighted by molar-refractivity contribution is -0.385. The molecule has 3 unspecified atom stereocenters. The van der Waals surface area contributed by atoms with Crippen LogP contribution in [0.2, 0.25) is 0 Å². The molecule has 0 bridgehead atoms. The van der Waals surface area contributed by atoms with Crippen molar-refractivity contribution in [1.29, 1.82) is 0 Å². The molecule has 1 aliphatic heterocycles. The van der Waals surface area contributed by atoms with Gasteiger partial charge < -0.3 is 10.4 Å². The maximum absolute atomic E-state index is 11.3. The van der Waals surface area contributed by atoms with E-state index in [1.54, 1.807) is 18.2 Å². The number of anilines is 1. The smallest absolute Gasteiger partial charge is 0.270 e. The monoisotopic (exact) mass is 372 g/mol. The van der Waals surface area contributed by atoms with Gasteiger partial charge in [-0.3, -0.25) is 10.1 Å². The molecule has 0 fully saturated rings. The number of benzene rings is 3. The Morgan fingerprint density at radius 1 is 1.18 bits per heavy atom. The van der Waals surface area contributed by atoms with E-state index in [0.717, 1.165) is 39.6 Å². The molecule has 0 spiro atoms. The Morgan fingerprint density at radius 2 is 2.00 bits per heavy atom. The zero-order chi connectivity index (χ0) is 19.4. The Kier molecular flexibility index (Phi) is 3.66. The standard InChI is InChI=1S/C23H20N2O3/c1-13-11-15(25(27)28)12-19-17-7-4-8-18(17)23(24-22(13)19)21-16-6-3-2-5-14(16)9-10-20(21)26/h2-7,9-12,17-18,23-24,26H,8H2,1H3. The summed E-state index contributed by atoms with van der Waals surface area (Å²) in [7, 11) is 0. The quantitative estimate of drug-likeness (QED) is 0.349. The molecule has 140 valence electrons. The highest BCUT2D eigenvalue weighted by Gasteiger charge is 2.40. The second-order valence-electron chi connectivity index (χ2n) is 7.68. The van der Waals surface area contributed by atoms with Crippen molar-refractivity contribution in [3.05, 3.63) is 87.5 Å². The number of nitrogens with one attached hydrogen (secondary N) is 1. The maximum atomic E-state index is 11.3. The van der Waals surface area contributed by atoms with E-state index >= 15 is 0 Å². The first-order valence-electron chi connectivity index (χ1n) is 9.47. The Balaban J connectivity index is 1.71. The second kappa shape index (κ2) is 6.09. The van der Waals surface area contributed by atoms with Crippen molar-refractivity contribution in [2.75, 3.05) is 5.32 Å². The highest BCUT2D eigenvalue weighted by atomic mass is 16.6. The lowest BCUT2D eigenvalue weighted by Crippen LogP contribution is -2.30. The SMILES string of the molecule is Cc1cc([N+](=O)[O-])cc2c1NC(c1c(O)ccc3ccccc13)C1CC=CC21. The van der Waals surface area contributed by atoms with Crippen LogP contribution in [0.5, 0.6) is 5.75 Å². The number of fused-ring (bicyclic) bond motifs is 4. The largest absolute Gasteiger partial charge is 0.508 e. The van der Waals surface area contributed by atoms with Gasteiger partial charge in [-0.05, 0) is 47.2 Å². The summed E-state index contributed by atoms with van der Waals surface area (Å²) in [5.41, 5.74) is 3.80. The van der Waals surface area contributed by atoms with Crippen LogP contribution >= 0.6 is 0 Å². The fraction of sp³-hybridized carbons (Fsp3) is 0.217. The number of rotatable bonds is 2. The van der Waals surface area contributed by atoms with Gasteiger partial charge in [-0.2, -0.15) is 0 Å². The summed E-state index contributed by atoms with van der Waals surface area (Å²) in [4.78, 5) is 11.0. The van der Waals surface area contributed by atoms with Crippen LogP contribution in [0.4, 0.5) is 11.4 Å². The minimum atomic E-state index is -0.330. The molecule has 0 saturated carbocycles. The number of aromatic hydroxyl groups is 1. The molecule has 5 rings (SSSR count). The summed E-state index contributed by atoms with van der Waals surface area (Å²) in [6.07, 6.45) is 5.17. The van der Waals surface area contributed by atoms with Crippen molar-refractivity contribution < 1.29 is 10.0 Å². The minimum absolute atomic E-state index is 0.0706. The average Bonchev–Trinajstić information content (AvgIpc) is 3.18. The molecule has 5 nitrogen and oxygen atoms in total. The molecule has 5 heteroatoms. The van der Waals surface area contributed by atoms with Gasteiger partial charge in [0.2, 0.25) is 0 Å². The minimum Gasteiger partial charge on any atom is -0.508 e. The number of hydrogen-bond donors (Lipinski definition) is 2. The first kappa shape index (κ1) is 16.8. The molecule has 3 aromatic rings. The van der Waals surface area contributed by atoms with E-state index in [2.05, 4.69) is 17.5 Å². The Morgan fingerprint density at radius 3 is 2.82 bits per heavy atom. The van der Waals surface area contributed by atoms with Crippen LogP contribution in [-0.4, -0.2) is 10.0 Å². The lowest BCUT2D eigenvalue weighted by atomic mass is 9.75. The summed E-state index contributed by atoms with van der Waals surface area (Å²) in [5.74, 6) is 0.577. The molecule has 0 aromatic heterocycles. The molecule has 0 saturated heterocycles. The summed E-state index contributed by atoms with van der Waals surface area (Å²) in [6, 6.07) is 15.0. The van der Waals surface area contributed by atoms with E-state index in [1.165, 1.54) is 0 Å². The van der Waals surface area contributed by atoms with Crippen molar-refractivity contribution in [3.63, 3.8) is 0 Å². The van der Waals surface area contributed by atoms with Gasteiger partial charge in [0, 0.05) is 29.3 Å². The average molecular weight is 372 g/mol. The van der Waals surface area contributed by atoms with Crippen LogP contribution in [-0.2, 0) is 0 Å². The van der Waals surface area contributed by atoms with Gasteiger partial charge in [0.05, 0.1) is 11.0 Å². The molecular weight excluding hydrogens is 352 g/mol. The third kappa shape index (κ3) is 2.39. The van der Waals surface area contributed by atoms with E-state index in [9.17, 15) is 15.2 Å². The van der Waals surface area contributed by atoms with Crippen LogP contribution in [0.15, 0.2) is 60.7 Å². The number of phenols is 1. The molecule has 1 aliphatic carbocycles. The van der Waals surface area contributed by atoms with Crippen LogP contribution in [0.1, 0.15) is 35.1 Å². The fourth-order valence-corrected chi connectivity index (χ4v) is 4.87. The van der Waals surface area contributed by atoms with Crippen LogP contribution in [0.25, 0.3) is 10.8 Å². The maximum Gasteiger partial charge on any atom is 0.270 e. The Bertz CT molecular complexity index is 1150. The van der Waals surface area contributed by atoms with Crippen LogP contribution in [0, 0.1) is 23.0 Å². The summed E-state index contributed by atoms with van der Waals surface area (Å²) < 4.78 is 0. The number of allylic oxidation sites excluding steroid dienone is 2. The third-order valence-corrected chi connectivity index (χ3v) is 6.12. The molecular formula is C23H20N2O3. The van der Waals surface area contributed by atoms with Gasteiger partial charge in [-0.25, -0.2) is 0 Å². The van der Waals surface area contributed by atoms with Crippen molar-refractivity contribution >= 4 is 22.1 Å². The Hall–Kier alpha value is -3.34. The topological polar surface area (TPSA) is 75.4 Å². The number of nitro benzene ring substituents is 1. The molecule has 0 amide bonds. The van der Waals surface area contributed by atoms with Crippen molar-refractivity contribution in [2.45, 2.75) is 25.3 Å². The summed E-state index contributed by atoms with van der Waals surface area (Å²) >= 11 is 0. The van der Waals surface area contributed by atoms with Gasteiger partial charge in [0.1, 0.15) is 5.75 Å². The van der Waals surface area contributed by atoms with Crippen molar-refractivity contribution in [2.24, 2.45) is 5.92 Å². The molecule has 2 aliphatic rings. The molecule has 3 aromatic carbocycles. The van der Waals surface area contributed by atoms with E-state index in [1.807, 2.05) is 37.3 Å². The molecule has 28 heavy (non-hydrogen) atoms. The van der Waals surface area contributed by atoms with Gasteiger partial charge in [-0.15, -0.1) is 0 Å². The molecule has 2 N–H and O–H groups in total. The number of nitro groups is 1. The van der Waals surface area contributed by atoms with E-state index in [0.29, 0.717) is 0 Å². The highest BCUT2D eigenvalue weighted by Crippen LogP contribution is 2.53. The lowest BCUT2D eigenvalue weighted by Gasteiger charge is -2.38. The van der Waals surface area contributed by atoms with Gasteiger partial charge >= 0.3 is 0 Å². The fourth-order valence-electron chi connectivity index (χ4n) is 4.87. The number of hydrogen-bond acceptors (Lipinski definition) is 4. The molecule has 3 atom stereocenters. The number of aryl methyl sites for hydroxylation is 1. The zero-order valence-electron chi connectivity index (χ0n) is 15.4. The first-order chi connectivity index (χ1) is 13.5. The second-order valence-corrected chi connectivity index (χ2v) is 7.68. The van der Waals surface area contributed by atoms with Crippen molar-refractivity contribution in [1.82, 2.24) is 0 Å². The van der Waals surface area contributed by atoms with Gasteiger partial charge in [0.15, 0.2) is 0 Å². The normalized spacial score (nSPS) is 22.5. The van der Waals surface area contributed by atoms with Gasteiger partial charge in [0.25, 0.3) is 5.69 Å².